The Kier molecular flexibility index (Phi) is 7.42. The van der Waals surface area contributed by atoms with Gasteiger partial charge >= 0.3 is 12.2 Å². The molecule has 2 heterocycles. The average molecular weight is 581 g/mol. The van der Waals surface area contributed by atoms with Gasteiger partial charge in [-0.2, -0.15) is 18.3 Å². The molecule has 1 aliphatic rings. The Balaban J connectivity index is 1.39. The van der Waals surface area contributed by atoms with Crippen molar-refractivity contribution in [3.8, 4) is 0 Å². The molecule has 0 fully saturated rings. The molecule has 0 bridgehead atoms. The van der Waals surface area contributed by atoms with Crippen LogP contribution < -0.4 is 21.3 Å². The number of H-pyrrole nitrogens is 1. The number of anilines is 1. The van der Waals surface area contributed by atoms with Gasteiger partial charge in [0.15, 0.2) is 0 Å². The Morgan fingerprint density at radius 1 is 1.00 bits per heavy atom. The molecule has 1 atom stereocenters. The average Bonchev–Trinajstić information content (AvgIpc) is 3.38. The van der Waals surface area contributed by atoms with E-state index in [1.54, 1.807) is 24.4 Å². The lowest BCUT2D eigenvalue weighted by Crippen LogP contribution is -2.46. The monoisotopic (exact) mass is 580 g/mol. The second kappa shape index (κ2) is 11.0. The van der Waals surface area contributed by atoms with E-state index in [0.29, 0.717) is 11.3 Å². The van der Waals surface area contributed by atoms with Crippen LogP contribution in [0.1, 0.15) is 45.6 Å². The number of hydrogen-bond acceptors (Lipinski definition) is 4. The maximum atomic E-state index is 14.8. The molecule has 216 valence electrons. The van der Waals surface area contributed by atoms with Crippen LogP contribution in [-0.4, -0.2) is 28.0 Å². The van der Waals surface area contributed by atoms with Gasteiger partial charge in [0, 0.05) is 23.3 Å². The summed E-state index contributed by atoms with van der Waals surface area (Å²) in [7, 11) is 0. The number of aromatic amines is 1. The molecule has 4 amide bonds. The molecule has 13 heteroatoms. The highest BCUT2D eigenvalue weighted by Crippen LogP contribution is 2.31. The molecule has 1 unspecified atom stereocenters. The first-order valence-corrected chi connectivity index (χ1v) is 12.7. The third kappa shape index (κ3) is 5.94. The second-order valence-corrected chi connectivity index (χ2v) is 9.82. The lowest BCUT2D eigenvalue weighted by atomic mass is 9.93. The van der Waals surface area contributed by atoms with E-state index in [1.165, 1.54) is 32.0 Å². The van der Waals surface area contributed by atoms with Gasteiger partial charge in [-0.1, -0.05) is 17.7 Å². The number of aryl methyl sites for hydroxylation is 1. The van der Waals surface area contributed by atoms with Gasteiger partial charge < -0.3 is 21.3 Å². The van der Waals surface area contributed by atoms with Gasteiger partial charge in [-0.3, -0.25) is 14.7 Å². The fraction of sp³-hybridized carbons (Fsp3) is 0.172. The first kappa shape index (κ1) is 28.3. The van der Waals surface area contributed by atoms with Crippen molar-refractivity contribution in [1.29, 1.82) is 0 Å². The van der Waals surface area contributed by atoms with Crippen LogP contribution in [0.3, 0.4) is 0 Å². The van der Waals surface area contributed by atoms with Crippen molar-refractivity contribution in [3.63, 3.8) is 0 Å². The summed E-state index contributed by atoms with van der Waals surface area (Å²) in [5, 5.41) is 17.9. The maximum absolute atomic E-state index is 14.8. The molecular formula is C29H24F4N6O3. The highest BCUT2D eigenvalue weighted by molar-refractivity contribution is 6.07. The number of benzene rings is 3. The summed E-state index contributed by atoms with van der Waals surface area (Å²) in [5.41, 5.74) is 1.11. The predicted octanol–water partition coefficient (Wildman–Crippen LogP) is 5.23. The zero-order valence-corrected chi connectivity index (χ0v) is 22.2. The maximum Gasteiger partial charge on any atom is 0.416 e. The minimum absolute atomic E-state index is 0.124. The Morgan fingerprint density at radius 2 is 1.79 bits per heavy atom. The van der Waals surface area contributed by atoms with E-state index in [4.69, 9.17) is 0 Å². The summed E-state index contributed by atoms with van der Waals surface area (Å²) in [5.74, 6) is -2.33. The van der Waals surface area contributed by atoms with Crippen molar-refractivity contribution in [2.45, 2.75) is 32.6 Å². The largest absolute Gasteiger partial charge is 0.416 e. The summed E-state index contributed by atoms with van der Waals surface area (Å²) in [6, 6.07) is 10.4. The number of fused-ring (bicyclic) bond motifs is 1. The van der Waals surface area contributed by atoms with Crippen LogP contribution in [0.15, 0.2) is 72.1 Å². The topological polar surface area (TPSA) is 128 Å². The lowest BCUT2D eigenvalue weighted by Gasteiger charge is -2.29. The molecule has 1 aliphatic heterocycles. The SMILES string of the molecule is CC1=C(C(=O)Nc2ccc3[nH]ncc3c2)C(c2ccc(F)c(C(=O)NCc3cc(C)cc(C(F)(F)F)c3)c2)NC(=O)N1. The standard InChI is InChI=1S/C29H24F4N6O3/c1-14-7-16(9-19(8-14)29(31,32)33)12-34-26(40)21-11-17(3-5-22(21)30)25-24(15(2)36-28(42)38-25)27(41)37-20-4-6-23-18(10-20)13-35-39-23/h3-11,13,25H,12H2,1-2H3,(H,34,40)(H,35,39)(H,37,41)(H2,36,38,42). The van der Waals surface area contributed by atoms with Crippen LogP contribution in [0.25, 0.3) is 10.9 Å². The fourth-order valence-electron chi connectivity index (χ4n) is 4.77. The molecule has 0 saturated carbocycles. The number of carbonyl (C=O) groups is 3. The number of alkyl halides is 3. The number of halogens is 4. The van der Waals surface area contributed by atoms with Crippen LogP contribution in [0.2, 0.25) is 0 Å². The summed E-state index contributed by atoms with van der Waals surface area (Å²) in [4.78, 5) is 38.7. The van der Waals surface area contributed by atoms with Gasteiger partial charge in [0.05, 0.1) is 34.5 Å². The molecule has 1 aromatic heterocycles. The Morgan fingerprint density at radius 3 is 2.55 bits per heavy atom. The predicted molar refractivity (Wildman–Crippen MR) is 146 cm³/mol. The van der Waals surface area contributed by atoms with Crippen LogP contribution in [0.5, 0.6) is 0 Å². The summed E-state index contributed by atoms with van der Waals surface area (Å²) in [6.45, 7) is 2.75. The highest BCUT2D eigenvalue weighted by atomic mass is 19.4. The molecule has 0 aliphatic carbocycles. The van der Waals surface area contributed by atoms with Crippen molar-refractivity contribution in [3.05, 3.63) is 106 Å². The number of rotatable bonds is 6. The number of amides is 4. The number of urea groups is 1. The third-order valence-electron chi connectivity index (χ3n) is 6.70. The van der Waals surface area contributed by atoms with Crippen molar-refractivity contribution in [2.75, 3.05) is 5.32 Å². The van der Waals surface area contributed by atoms with Crippen molar-refractivity contribution < 1.29 is 31.9 Å². The van der Waals surface area contributed by atoms with Crippen LogP contribution in [0.4, 0.5) is 28.0 Å². The van der Waals surface area contributed by atoms with E-state index >= 15 is 0 Å². The molecule has 5 N–H and O–H groups in total. The van der Waals surface area contributed by atoms with E-state index < -0.39 is 47.0 Å². The van der Waals surface area contributed by atoms with Gasteiger partial charge in [0.2, 0.25) is 0 Å². The first-order valence-electron chi connectivity index (χ1n) is 12.7. The number of aromatic nitrogens is 2. The number of allylic oxidation sites excluding steroid dienone is 1. The Hall–Kier alpha value is -5.20. The molecule has 5 rings (SSSR count). The molecule has 9 nitrogen and oxygen atoms in total. The van der Waals surface area contributed by atoms with Crippen LogP contribution in [-0.2, 0) is 17.5 Å². The minimum Gasteiger partial charge on any atom is -0.348 e. The van der Waals surface area contributed by atoms with Gasteiger partial charge in [-0.25, -0.2) is 9.18 Å². The van der Waals surface area contributed by atoms with E-state index in [9.17, 15) is 31.9 Å². The second-order valence-electron chi connectivity index (χ2n) is 9.82. The molecule has 42 heavy (non-hydrogen) atoms. The van der Waals surface area contributed by atoms with E-state index in [0.717, 1.165) is 29.1 Å². The van der Waals surface area contributed by atoms with Crippen molar-refractivity contribution in [2.24, 2.45) is 0 Å². The lowest BCUT2D eigenvalue weighted by molar-refractivity contribution is -0.137. The Bertz CT molecular complexity index is 1760. The van der Waals surface area contributed by atoms with Crippen molar-refractivity contribution >= 4 is 34.4 Å². The molecular weight excluding hydrogens is 556 g/mol. The van der Waals surface area contributed by atoms with E-state index in [2.05, 4.69) is 31.5 Å². The summed E-state index contributed by atoms with van der Waals surface area (Å²) < 4.78 is 54.4. The molecule has 3 aromatic carbocycles. The Labute approximate surface area is 236 Å². The van der Waals surface area contributed by atoms with Gasteiger partial charge in [-0.15, -0.1) is 0 Å². The van der Waals surface area contributed by atoms with E-state index in [-0.39, 0.29) is 28.9 Å². The molecule has 4 aromatic rings. The number of carbonyl (C=O) groups excluding carboxylic acids is 3. The normalized spacial score (nSPS) is 15.3. The van der Waals surface area contributed by atoms with Crippen molar-refractivity contribution in [1.82, 2.24) is 26.1 Å². The molecule has 0 saturated heterocycles. The molecule has 0 spiro atoms. The quantitative estimate of drug-likeness (QED) is 0.200. The third-order valence-corrected chi connectivity index (χ3v) is 6.70. The van der Waals surface area contributed by atoms with E-state index in [1.807, 2.05) is 0 Å². The zero-order valence-electron chi connectivity index (χ0n) is 22.2. The summed E-state index contributed by atoms with van der Waals surface area (Å²) in [6.07, 6.45) is -2.97. The number of nitrogens with zero attached hydrogens (tertiary/aromatic N) is 1. The van der Waals surface area contributed by atoms with Crippen LogP contribution in [0, 0.1) is 12.7 Å². The minimum atomic E-state index is -4.56. The number of hydrogen-bond donors (Lipinski definition) is 5. The highest BCUT2D eigenvalue weighted by Gasteiger charge is 2.33. The first-order chi connectivity index (χ1) is 19.9. The molecule has 0 radical (unpaired) electrons. The van der Waals surface area contributed by atoms with Gasteiger partial charge in [-0.05, 0) is 67.4 Å². The zero-order chi connectivity index (χ0) is 30.2. The number of nitrogens with one attached hydrogen (secondary N) is 5. The smallest absolute Gasteiger partial charge is 0.348 e. The van der Waals surface area contributed by atoms with Gasteiger partial charge in [0.1, 0.15) is 5.82 Å². The fourth-order valence-corrected chi connectivity index (χ4v) is 4.77. The van der Waals surface area contributed by atoms with Crippen LogP contribution >= 0.6 is 0 Å². The van der Waals surface area contributed by atoms with Gasteiger partial charge in [0.25, 0.3) is 11.8 Å². The summed E-state index contributed by atoms with van der Waals surface area (Å²) >= 11 is 0.